The number of aromatic nitrogens is 1. The summed E-state index contributed by atoms with van der Waals surface area (Å²) in [6, 6.07) is 2.14. The second-order valence-electron chi connectivity index (χ2n) is 3.96. The van der Waals surface area contributed by atoms with E-state index in [4.69, 9.17) is 0 Å². The minimum Gasteiger partial charge on any atom is -0.464 e. The molecule has 21 heavy (non-hydrogen) atoms. The van der Waals surface area contributed by atoms with Crippen molar-refractivity contribution in [3.63, 3.8) is 0 Å². The predicted molar refractivity (Wildman–Crippen MR) is 66.0 cm³/mol. The normalized spacial score (nSPS) is 11.0. The fourth-order valence-corrected chi connectivity index (χ4v) is 1.44. The fraction of sp³-hybridized carbons (Fsp3) is 0.455. The monoisotopic (exact) mass is 307 g/mol. The molecule has 0 fully saturated rings. The molecule has 0 aliphatic heterocycles. The maximum Gasteiger partial charge on any atom is 0.389 e. The lowest BCUT2D eigenvalue weighted by Gasteiger charge is -2.09. The molecule has 0 saturated carbocycles. The van der Waals surface area contributed by atoms with E-state index in [9.17, 15) is 28.1 Å². The van der Waals surface area contributed by atoms with Gasteiger partial charge in [0.1, 0.15) is 0 Å². The van der Waals surface area contributed by atoms with Crippen LogP contribution < -0.4 is 5.32 Å². The third kappa shape index (κ3) is 5.24. The van der Waals surface area contributed by atoms with Crippen LogP contribution in [0.2, 0.25) is 0 Å². The molecule has 1 aromatic heterocycles. The van der Waals surface area contributed by atoms with E-state index in [1.54, 1.807) is 0 Å². The highest BCUT2D eigenvalue weighted by molar-refractivity contribution is 5.88. The number of anilines is 1. The van der Waals surface area contributed by atoms with Crippen molar-refractivity contribution >= 4 is 17.5 Å². The van der Waals surface area contributed by atoms with Gasteiger partial charge in [-0.05, 0) is 12.5 Å². The highest BCUT2D eigenvalue weighted by atomic mass is 19.4. The number of esters is 1. The number of alkyl halides is 3. The Balaban J connectivity index is 2.82. The van der Waals surface area contributed by atoms with Gasteiger partial charge in [0, 0.05) is 19.0 Å². The van der Waals surface area contributed by atoms with Gasteiger partial charge >= 0.3 is 17.8 Å². The lowest BCUT2D eigenvalue weighted by atomic mass is 10.3. The van der Waals surface area contributed by atoms with Gasteiger partial charge in [-0.25, -0.2) is 9.78 Å². The van der Waals surface area contributed by atoms with Crippen LogP contribution in [0, 0.1) is 10.1 Å². The minimum absolute atomic E-state index is 0.169. The van der Waals surface area contributed by atoms with Crippen molar-refractivity contribution in [2.24, 2.45) is 0 Å². The molecule has 0 bridgehead atoms. The molecule has 1 N–H and O–H groups in total. The second kappa shape index (κ2) is 6.86. The zero-order chi connectivity index (χ0) is 16.0. The molecule has 1 rings (SSSR count). The minimum atomic E-state index is -4.30. The molecular weight excluding hydrogens is 295 g/mol. The fourth-order valence-electron chi connectivity index (χ4n) is 1.44. The van der Waals surface area contributed by atoms with Crippen LogP contribution in [-0.2, 0) is 4.74 Å². The summed E-state index contributed by atoms with van der Waals surface area (Å²) in [7, 11) is 1.11. The van der Waals surface area contributed by atoms with Gasteiger partial charge in [-0.3, -0.25) is 10.1 Å². The largest absolute Gasteiger partial charge is 0.464 e. The van der Waals surface area contributed by atoms with Gasteiger partial charge < -0.3 is 10.1 Å². The standard InChI is InChI=1S/C11H12F3N3O4/c1-21-10(18)7-3-4-8(17(19)20)9(16-7)15-6-2-5-11(12,13)14/h3-4H,2,5-6H2,1H3,(H,15,16). The number of carbonyl (C=O) groups excluding carboxylic acids is 1. The number of nitrogens with zero attached hydrogens (tertiary/aromatic N) is 2. The molecule has 0 amide bonds. The van der Waals surface area contributed by atoms with Crippen molar-refractivity contribution in [3.05, 3.63) is 27.9 Å². The Morgan fingerprint density at radius 3 is 2.67 bits per heavy atom. The molecule has 0 aromatic carbocycles. The van der Waals surface area contributed by atoms with Crippen molar-refractivity contribution in [2.75, 3.05) is 19.0 Å². The SMILES string of the molecule is COC(=O)c1ccc([N+](=O)[O-])c(NCCCC(F)(F)F)n1. The Kier molecular flexibility index (Phi) is 5.44. The number of hydrogen-bond acceptors (Lipinski definition) is 6. The van der Waals surface area contributed by atoms with Crippen LogP contribution in [0.1, 0.15) is 23.3 Å². The Hall–Kier alpha value is -2.39. The van der Waals surface area contributed by atoms with Gasteiger partial charge in [-0.2, -0.15) is 13.2 Å². The molecule has 10 heteroatoms. The Bertz CT molecular complexity index is 534. The summed E-state index contributed by atoms with van der Waals surface area (Å²) in [5, 5.41) is 13.2. The average Bonchev–Trinajstić information content (AvgIpc) is 2.41. The number of ether oxygens (including phenoxy) is 1. The molecule has 0 unspecified atom stereocenters. The zero-order valence-corrected chi connectivity index (χ0v) is 10.9. The first-order chi connectivity index (χ1) is 9.74. The highest BCUT2D eigenvalue weighted by Gasteiger charge is 2.26. The van der Waals surface area contributed by atoms with Crippen LogP contribution in [0.15, 0.2) is 12.1 Å². The summed E-state index contributed by atoms with van der Waals surface area (Å²) >= 11 is 0. The first-order valence-electron chi connectivity index (χ1n) is 5.79. The smallest absolute Gasteiger partial charge is 0.389 e. The lowest BCUT2D eigenvalue weighted by molar-refractivity contribution is -0.384. The molecule has 0 saturated heterocycles. The molecule has 0 aliphatic carbocycles. The highest BCUT2D eigenvalue weighted by Crippen LogP contribution is 2.24. The first kappa shape index (κ1) is 16.7. The lowest BCUT2D eigenvalue weighted by Crippen LogP contribution is -2.13. The van der Waals surface area contributed by atoms with Crippen LogP contribution in [0.25, 0.3) is 0 Å². The van der Waals surface area contributed by atoms with Crippen molar-refractivity contribution < 1.29 is 27.6 Å². The Morgan fingerprint density at radius 2 is 2.14 bits per heavy atom. The van der Waals surface area contributed by atoms with Crippen LogP contribution >= 0.6 is 0 Å². The van der Waals surface area contributed by atoms with Crippen LogP contribution in [0.5, 0.6) is 0 Å². The van der Waals surface area contributed by atoms with E-state index in [0.29, 0.717) is 0 Å². The number of nitro groups is 1. The van der Waals surface area contributed by atoms with Crippen LogP contribution in [0.3, 0.4) is 0 Å². The van der Waals surface area contributed by atoms with Crippen LogP contribution in [-0.4, -0.2) is 35.7 Å². The molecular formula is C11H12F3N3O4. The number of rotatable bonds is 6. The number of nitrogens with one attached hydrogen (secondary N) is 1. The summed E-state index contributed by atoms with van der Waals surface area (Å²) < 4.78 is 40.4. The van der Waals surface area contributed by atoms with E-state index >= 15 is 0 Å². The number of hydrogen-bond donors (Lipinski definition) is 1. The second-order valence-corrected chi connectivity index (χ2v) is 3.96. The van der Waals surface area contributed by atoms with Crippen LogP contribution in [0.4, 0.5) is 24.7 Å². The maximum absolute atomic E-state index is 12.0. The van der Waals surface area contributed by atoms with E-state index in [1.807, 2.05) is 0 Å². The molecule has 7 nitrogen and oxygen atoms in total. The molecule has 0 spiro atoms. The maximum atomic E-state index is 12.0. The summed E-state index contributed by atoms with van der Waals surface area (Å²) in [5.41, 5.74) is -0.615. The van der Waals surface area contributed by atoms with E-state index in [1.165, 1.54) is 0 Å². The Labute approximate surface area is 117 Å². The topological polar surface area (TPSA) is 94.4 Å². The van der Waals surface area contributed by atoms with Gasteiger partial charge in [-0.15, -0.1) is 0 Å². The number of carbonyl (C=O) groups is 1. The molecule has 1 heterocycles. The van der Waals surface area contributed by atoms with Gasteiger partial charge in [0.05, 0.1) is 12.0 Å². The van der Waals surface area contributed by atoms with Gasteiger partial charge in [-0.1, -0.05) is 0 Å². The van der Waals surface area contributed by atoms with E-state index < -0.39 is 29.2 Å². The van der Waals surface area contributed by atoms with Crippen molar-refractivity contribution in [2.45, 2.75) is 19.0 Å². The average molecular weight is 307 g/mol. The van der Waals surface area contributed by atoms with Gasteiger partial charge in [0.15, 0.2) is 5.69 Å². The number of methoxy groups -OCH3 is 1. The van der Waals surface area contributed by atoms with E-state index in [-0.39, 0.29) is 24.5 Å². The van der Waals surface area contributed by atoms with Gasteiger partial charge in [0.2, 0.25) is 5.82 Å². The summed E-state index contributed by atoms with van der Waals surface area (Å²) in [6.07, 6.45) is -5.59. The number of halogens is 3. The molecule has 0 radical (unpaired) electrons. The third-order valence-corrected chi connectivity index (χ3v) is 2.39. The predicted octanol–water partition coefficient (Wildman–Crippen LogP) is 2.53. The van der Waals surface area contributed by atoms with Gasteiger partial charge in [0.25, 0.3) is 0 Å². The zero-order valence-electron chi connectivity index (χ0n) is 10.9. The molecule has 0 atom stereocenters. The van der Waals surface area contributed by atoms with Crippen molar-refractivity contribution in [1.29, 1.82) is 0 Å². The van der Waals surface area contributed by atoms with Crippen molar-refractivity contribution in [1.82, 2.24) is 4.98 Å². The Morgan fingerprint density at radius 1 is 1.48 bits per heavy atom. The number of pyridine rings is 1. The summed E-state index contributed by atoms with van der Waals surface area (Å²) in [6.45, 7) is -0.169. The molecule has 0 aliphatic rings. The molecule has 1 aromatic rings. The molecule has 116 valence electrons. The van der Waals surface area contributed by atoms with Crippen molar-refractivity contribution in [3.8, 4) is 0 Å². The third-order valence-electron chi connectivity index (χ3n) is 2.39. The quantitative estimate of drug-likeness (QED) is 0.375. The van der Waals surface area contributed by atoms with E-state index in [2.05, 4.69) is 15.0 Å². The summed E-state index contributed by atoms with van der Waals surface area (Å²) in [4.78, 5) is 25.0. The first-order valence-corrected chi connectivity index (χ1v) is 5.79. The van der Waals surface area contributed by atoms with E-state index in [0.717, 1.165) is 19.2 Å². The summed E-state index contributed by atoms with van der Waals surface area (Å²) in [5.74, 6) is -1.08.